The standard InChI is InChI=1S/C26H27N5O2/c1-33-26(32)19-7-4-6-18(14-19)22-10-5-8-21(29-22)17-31-13-11-23-20(16-31)15-28-25(30-23)24-9-2-3-12-27-24/h4-8,10,14-15H,2-3,9,11-13,16-17H2,1H3. The molecule has 0 amide bonds. The van der Waals surface area contributed by atoms with Crippen LogP contribution < -0.4 is 0 Å². The SMILES string of the molecule is COC(=O)c1cccc(-c2cccc(CN3CCc4nc(C5=NCCCC5)ncc4C3)n2)c1. The fourth-order valence-electron chi connectivity index (χ4n) is 4.41. The van der Waals surface area contributed by atoms with E-state index in [-0.39, 0.29) is 5.97 Å². The first-order valence-electron chi connectivity index (χ1n) is 11.4. The number of methoxy groups -OCH3 is 1. The zero-order valence-corrected chi connectivity index (χ0v) is 18.8. The van der Waals surface area contributed by atoms with Crippen molar-refractivity contribution in [2.24, 2.45) is 4.99 Å². The third-order valence-electron chi connectivity index (χ3n) is 6.17. The van der Waals surface area contributed by atoms with E-state index in [0.717, 1.165) is 79.6 Å². The van der Waals surface area contributed by atoms with Crippen molar-refractivity contribution in [3.63, 3.8) is 0 Å². The lowest BCUT2D eigenvalue weighted by atomic mass is 10.0. The molecule has 168 valence electrons. The first-order chi connectivity index (χ1) is 16.2. The maximum absolute atomic E-state index is 11.9. The molecule has 4 heterocycles. The van der Waals surface area contributed by atoms with E-state index >= 15 is 0 Å². The van der Waals surface area contributed by atoms with Crippen molar-refractivity contribution in [1.29, 1.82) is 0 Å². The lowest BCUT2D eigenvalue weighted by Gasteiger charge is -2.28. The average Bonchev–Trinajstić information content (AvgIpc) is 2.88. The molecule has 2 aliphatic heterocycles. The molecule has 0 fully saturated rings. The van der Waals surface area contributed by atoms with Gasteiger partial charge in [0.1, 0.15) is 0 Å². The maximum atomic E-state index is 11.9. The second-order valence-corrected chi connectivity index (χ2v) is 8.50. The lowest BCUT2D eigenvalue weighted by Crippen LogP contribution is -2.31. The Balaban J connectivity index is 1.29. The first kappa shape index (κ1) is 21.4. The highest BCUT2D eigenvalue weighted by Gasteiger charge is 2.21. The Labute approximate surface area is 193 Å². The summed E-state index contributed by atoms with van der Waals surface area (Å²) in [4.78, 5) is 33.2. The highest BCUT2D eigenvalue weighted by atomic mass is 16.5. The van der Waals surface area contributed by atoms with Gasteiger partial charge in [-0.2, -0.15) is 0 Å². The van der Waals surface area contributed by atoms with E-state index in [2.05, 4.69) is 14.9 Å². The van der Waals surface area contributed by atoms with E-state index in [1.54, 1.807) is 6.07 Å². The minimum absolute atomic E-state index is 0.346. The van der Waals surface area contributed by atoms with Gasteiger partial charge >= 0.3 is 5.97 Å². The van der Waals surface area contributed by atoms with Gasteiger partial charge in [-0.1, -0.05) is 18.2 Å². The number of hydrogen-bond donors (Lipinski definition) is 0. The summed E-state index contributed by atoms with van der Waals surface area (Å²) in [7, 11) is 1.39. The number of nitrogens with zero attached hydrogens (tertiary/aromatic N) is 5. The van der Waals surface area contributed by atoms with Crippen molar-refractivity contribution >= 4 is 11.7 Å². The number of carbonyl (C=O) groups is 1. The average molecular weight is 442 g/mol. The molecule has 0 bridgehead atoms. The number of ether oxygens (including phenoxy) is 1. The number of aliphatic imine (C=N–C) groups is 1. The van der Waals surface area contributed by atoms with Crippen molar-refractivity contribution < 1.29 is 9.53 Å². The first-order valence-corrected chi connectivity index (χ1v) is 11.4. The number of hydrogen-bond acceptors (Lipinski definition) is 7. The Morgan fingerprint density at radius 3 is 2.85 bits per heavy atom. The van der Waals surface area contributed by atoms with E-state index in [0.29, 0.717) is 5.56 Å². The number of pyridine rings is 1. The molecule has 0 spiro atoms. The summed E-state index contributed by atoms with van der Waals surface area (Å²) in [5, 5.41) is 0. The Hall–Kier alpha value is -3.45. The molecule has 2 aromatic heterocycles. The van der Waals surface area contributed by atoms with Crippen LogP contribution in [0.15, 0.2) is 53.7 Å². The summed E-state index contributed by atoms with van der Waals surface area (Å²) in [6.07, 6.45) is 6.19. The third-order valence-corrected chi connectivity index (χ3v) is 6.17. The molecular weight excluding hydrogens is 414 g/mol. The molecule has 0 saturated carbocycles. The number of fused-ring (bicyclic) bond motifs is 1. The van der Waals surface area contributed by atoms with Crippen molar-refractivity contribution in [2.45, 2.75) is 38.8 Å². The zero-order valence-electron chi connectivity index (χ0n) is 18.8. The van der Waals surface area contributed by atoms with Crippen LogP contribution in [-0.2, 0) is 24.2 Å². The molecule has 0 atom stereocenters. The number of aromatic nitrogens is 3. The zero-order chi connectivity index (χ0) is 22.6. The predicted molar refractivity (Wildman–Crippen MR) is 126 cm³/mol. The van der Waals surface area contributed by atoms with Gasteiger partial charge in [-0.3, -0.25) is 14.9 Å². The maximum Gasteiger partial charge on any atom is 0.337 e. The Kier molecular flexibility index (Phi) is 6.21. The Morgan fingerprint density at radius 1 is 1.09 bits per heavy atom. The largest absolute Gasteiger partial charge is 0.465 e. The summed E-state index contributed by atoms with van der Waals surface area (Å²) in [6.45, 7) is 3.38. The highest BCUT2D eigenvalue weighted by Crippen LogP contribution is 2.22. The molecular formula is C26H27N5O2. The van der Waals surface area contributed by atoms with Crippen LogP contribution in [0.5, 0.6) is 0 Å². The van der Waals surface area contributed by atoms with Crippen LogP contribution in [0.1, 0.15) is 52.4 Å². The van der Waals surface area contributed by atoms with Crippen molar-refractivity contribution in [3.05, 3.63) is 77.0 Å². The Morgan fingerprint density at radius 2 is 2.00 bits per heavy atom. The van der Waals surface area contributed by atoms with E-state index in [1.165, 1.54) is 19.1 Å². The lowest BCUT2D eigenvalue weighted by molar-refractivity contribution is 0.0601. The van der Waals surface area contributed by atoms with Gasteiger partial charge in [-0.15, -0.1) is 0 Å². The number of esters is 1. The molecule has 0 unspecified atom stereocenters. The summed E-state index contributed by atoms with van der Waals surface area (Å²) in [5.41, 5.74) is 6.65. The number of rotatable bonds is 5. The van der Waals surface area contributed by atoms with Crippen molar-refractivity contribution in [3.8, 4) is 11.3 Å². The molecule has 7 heteroatoms. The monoisotopic (exact) mass is 441 g/mol. The summed E-state index contributed by atoms with van der Waals surface area (Å²) in [6, 6.07) is 13.4. The van der Waals surface area contributed by atoms with Gasteiger partial charge in [0.25, 0.3) is 0 Å². The van der Waals surface area contributed by atoms with Crippen molar-refractivity contribution in [2.75, 3.05) is 20.2 Å². The van der Waals surface area contributed by atoms with E-state index in [4.69, 9.17) is 14.7 Å². The van der Waals surface area contributed by atoms with Gasteiger partial charge in [0, 0.05) is 49.9 Å². The van der Waals surface area contributed by atoms with E-state index in [1.807, 2.05) is 42.6 Å². The van der Waals surface area contributed by atoms with Crippen LogP contribution in [0, 0.1) is 0 Å². The molecule has 7 nitrogen and oxygen atoms in total. The minimum Gasteiger partial charge on any atom is -0.465 e. The molecule has 33 heavy (non-hydrogen) atoms. The van der Waals surface area contributed by atoms with Gasteiger partial charge in [0.05, 0.1) is 35.5 Å². The fourth-order valence-corrected chi connectivity index (χ4v) is 4.41. The fraction of sp³-hybridized carbons (Fsp3) is 0.346. The van der Waals surface area contributed by atoms with Crippen LogP contribution in [0.4, 0.5) is 0 Å². The molecule has 0 radical (unpaired) electrons. The highest BCUT2D eigenvalue weighted by molar-refractivity contribution is 5.97. The third kappa shape index (κ3) is 4.83. The quantitative estimate of drug-likeness (QED) is 0.560. The smallest absolute Gasteiger partial charge is 0.337 e. The molecule has 1 aromatic carbocycles. The van der Waals surface area contributed by atoms with E-state index < -0.39 is 0 Å². The number of benzene rings is 1. The van der Waals surface area contributed by atoms with Crippen LogP contribution in [0.3, 0.4) is 0 Å². The topological polar surface area (TPSA) is 80.6 Å². The van der Waals surface area contributed by atoms with Gasteiger partial charge < -0.3 is 4.74 Å². The van der Waals surface area contributed by atoms with Crippen LogP contribution >= 0.6 is 0 Å². The van der Waals surface area contributed by atoms with E-state index in [9.17, 15) is 4.79 Å². The van der Waals surface area contributed by atoms with Gasteiger partial charge in [0.2, 0.25) is 0 Å². The number of carbonyl (C=O) groups excluding carboxylic acids is 1. The van der Waals surface area contributed by atoms with Gasteiger partial charge in [-0.25, -0.2) is 14.8 Å². The van der Waals surface area contributed by atoms with Crippen LogP contribution in [0.25, 0.3) is 11.3 Å². The van der Waals surface area contributed by atoms with Crippen LogP contribution in [-0.4, -0.2) is 51.7 Å². The van der Waals surface area contributed by atoms with Crippen molar-refractivity contribution in [1.82, 2.24) is 19.9 Å². The van der Waals surface area contributed by atoms with Crippen LogP contribution in [0.2, 0.25) is 0 Å². The molecule has 0 aliphatic carbocycles. The van der Waals surface area contributed by atoms with Gasteiger partial charge in [-0.05, 0) is 43.5 Å². The minimum atomic E-state index is -0.346. The molecule has 0 saturated heterocycles. The molecule has 3 aromatic rings. The second kappa shape index (κ2) is 9.58. The predicted octanol–water partition coefficient (Wildman–Crippen LogP) is 3.86. The summed E-state index contributed by atoms with van der Waals surface area (Å²) < 4.78 is 4.84. The summed E-state index contributed by atoms with van der Waals surface area (Å²) >= 11 is 0. The molecule has 5 rings (SSSR count). The molecule has 2 aliphatic rings. The molecule has 0 N–H and O–H groups in total. The Bertz CT molecular complexity index is 1210. The second-order valence-electron chi connectivity index (χ2n) is 8.50. The van der Waals surface area contributed by atoms with Gasteiger partial charge in [0.15, 0.2) is 5.82 Å². The normalized spacial score (nSPS) is 16.1. The summed E-state index contributed by atoms with van der Waals surface area (Å²) in [5.74, 6) is 0.464.